The monoisotopic (exact) mass is 294 g/mol. The van der Waals surface area contributed by atoms with Crippen molar-refractivity contribution in [1.82, 2.24) is 14.7 Å². The Hall–Kier alpha value is -1.92. The molecule has 1 aromatic heterocycles. The lowest BCUT2D eigenvalue weighted by Crippen LogP contribution is -2.42. The highest BCUT2D eigenvalue weighted by atomic mass is 16.6. The van der Waals surface area contributed by atoms with E-state index in [1.54, 1.807) is 18.5 Å². The van der Waals surface area contributed by atoms with Crippen LogP contribution in [0.15, 0.2) is 0 Å². The maximum atomic E-state index is 12.3. The molecule has 1 amide bonds. The van der Waals surface area contributed by atoms with Gasteiger partial charge in [0.2, 0.25) is 5.91 Å². The Morgan fingerprint density at radius 1 is 1.43 bits per heavy atom. The summed E-state index contributed by atoms with van der Waals surface area (Å²) in [6, 6.07) is 0.293. The zero-order chi connectivity index (χ0) is 15.6. The molecule has 2 heterocycles. The summed E-state index contributed by atoms with van der Waals surface area (Å²) in [5.41, 5.74) is 0.960. The largest absolute Gasteiger partial charge is 0.340 e. The molecule has 1 atom stereocenters. The standard InChI is InChI=1S/C14H22N4O3/c1-10-6-4-5-8-16(10)13(19)7-9-17-12(3)14(18(20)21)11(2)15-17/h10H,4-9H2,1-3H3. The van der Waals surface area contributed by atoms with Gasteiger partial charge in [-0.15, -0.1) is 0 Å². The first-order valence-electron chi connectivity index (χ1n) is 7.39. The van der Waals surface area contributed by atoms with Gasteiger partial charge in [-0.1, -0.05) is 0 Å². The normalized spacial score (nSPS) is 18.8. The molecule has 1 aliphatic heterocycles. The number of aromatic nitrogens is 2. The lowest BCUT2D eigenvalue weighted by atomic mass is 10.0. The van der Waals surface area contributed by atoms with Gasteiger partial charge >= 0.3 is 5.69 Å². The third-order valence-electron chi connectivity index (χ3n) is 4.19. The summed E-state index contributed by atoms with van der Waals surface area (Å²) in [5.74, 6) is 0.109. The van der Waals surface area contributed by atoms with Crippen LogP contribution in [-0.2, 0) is 11.3 Å². The van der Waals surface area contributed by atoms with Crippen LogP contribution < -0.4 is 0 Å². The summed E-state index contributed by atoms with van der Waals surface area (Å²) < 4.78 is 1.57. The highest BCUT2D eigenvalue weighted by Gasteiger charge is 2.25. The van der Waals surface area contributed by atoms with Crippen molar-refractivity contribution in [3.05, 3.63) is 21.5 Å². The fourth-order valence-electron chi connectivity index (χ4n) is 2.98. The fourth-order valence-corrected chi connectivity index (χ4v) is 2.98. The molecule has 0 saturated carbocycles. The maximum Gasteiger partial charge on any atom is 0.312 e. The van der Waals surface area contributed by atoms with Gasteiger partial charge in [-0.3, -0.25) is 19.6 Å². The molecule has 7 heteroatoms. The van der Waals surface area contributed by atoms with E-state index in [-0.39, 0.29) is 11.6 Å². The van der Waals surface area contributed by atoms with Gasteiger partial charge in [-0.25, -0.2) is 0 Å². The van der Waals surface area contributed by atoms with E-state index < -0.39 is 4.92 Å². The van der Waals surface area contributed by atoms with Gasteiger partial charge < -0.3 is 4.90 Å². The number of hydrogen-bond donors (Lipinski definition) is 0. The van der Waals surface area contributed by atoms with Gasteiger partial charge in [0.15, 0.2) is 0 Å². The molecule has 2 rings (SSSR count). The average Bonchev–Trinajstić information content (AvgIpc) is 2.71. The number of rotatable bonds is 4. The minimum Gasteiger partial charge on any atom is -0.340 e. The van der Waals surface area contributed by atoms with Crippen molar-refractivity contribution in [3.8, 4) is 0 Å². The predicted molar refractivity (Wildman–Crippen MR) is 78.0 cm³/mol. The minimum atomic E-state index is -0.414. The maximum absolute atomic E-state index is 12.3. The summed E-state index contributed by atoms with van der Waals surface area (Å²) in [7, 11) is 0. The molecular formula is C14H22N4O3. The summed E-state index contributed by atoms with van der Waals surface area (Å²) in [5, 5.41) is 15.1. The molecule has 116 valence electrons. The third-order valence-corrected chi connectivity index (χ3v) is 4.19. The molecule has 0 aliphatic carbocycles. The van der Waals surface area contributed by atoms with E-state index in [0.29, 0.717) is 30.4 Å². The van der Waals surface area contributed by atoms with Crippen LogP contribution in [-0.4, -0.2) is 38.1 Å². The number of hydrogen-bond acceptors (Lipinski definition) is 4. The first kappa shape index (κ1) is 15.5. The number of nitro groups is 1. The summed E-state index contributed by atoms with van der Waals surface area (Å²) in [6.45, 7) is 6.58. The molecule has 0 aromatic carbocycles. The highest BCUT2D eigenvalue weighted by molar-refractivity contribution is 5.76. The average molecular weight is 294 g/mol. The number of likely N-dealkylation sites (tertiary alicyclic amines) is 1. The first-order valence-corrected chi connectivity index (χ1v) is 7.39. The van der Waals surface area contributed by atoms with E-state index in [2.05, 4.69) is 12.0 Å². The highest BCUT2D eigenvalue weighted by Crippen LogP contribution is 2.22. The van der Waals surface area contributed by atoms with Gasteiger partial charge in [0, 0.05) is 19.0 Å². The number of amides is 1. The molecule has 1 fully saturated rings. The van der Waals surface area contributed by atoms with Gasteiger partial charge in [0.1, 0.15) is 11.4 Å². The minimum absolute atomic E-state index is 0.0498. The van der Waals surface area contributed by atoms with Crippen LogP contribution in [0.5, 0.6) is 0 Å². The molecule has 1 aromatic rings. The number of piperidine rings is 1. The van der Waals surface area contributed by atoms with Crippen molar-refractivity contribution in [2.45, 2.75) is 59.0 Å². The van der Waals surface area contributed by atoms with Crippen LogP contribution in [0.4, 0.5) is 5.69 Å². The van der Waals surface area contributed by atoms with E-state index in [1.807, 2.05) is 4.90 Å². The second-order valence-corrected chi connectivity index (χ2v) is 5.68. The van der Waals surface area contributed by atoms with Crippen LogP contribution in [0.25, 0.3) is 0 Å². The van der Waals surface area contributed by atoms with Gasteiger partial charge in [0.05, 0.1) is 11.5 Å². The van der Waals surface area contributed by atoms with E-state index in [1.165, 1.54) is 6.42 Å². The van der Waals surface area contributed by atoms with E-state index in [0.717, 1.165) is 19.4 Å². The second-order valence-electron chi connectivity index (χ2n) is 5.68. The Morgan fingerprint density at radius 3 is 2.71 bits per heavy atom. The Labute approximate surface area is 124 Å². The van der Waals surface area contributed by atoms with Crippen molar-refractivity contribution in [2.24, 2.45) is 0 Å². The third kappa shape index (κ3) is 3.22. The van der Waals surface area contributed by atoms with Gasteiger partial charge in [-0.2, -0.15) is 5.10 Å². The number of carbonyl (C=O) groups excluding carboxylic acids is 1. The molecule has 1 aliphatic rings. The quantitative estimate of drug-likeness (QED) is 0.629. The van der Waals surface area contributed by atoms with Crippen LogP contribution in [0, 0.1) is 24.0 Å². The van der Waals surface area contributed by atoms with Crippen LogP contribution in [0.1, 0.15) is 44.0 Å². The topological polar surface area (TPSA) is 81.3 Å². The Morgan fingerprint density at radius 2 is 2.14 bits per heavy atom. The van der Waals surface area contributed by atoms with Crippen molar-refractivity contribution >= 4 is 11.6 Å². The van der Waals surface area contributed by atoms with E-state index >= 15 is 0 Å². The number of carbonyl (C=O) groups is 1. The summed E-state index contributed by atoms with van der Waals surface area (Å²) >= 11 is 0. The number of aryl methyl sites for hydroxylation is 2. The van der Waals surface area contributed by atoms with Crippen LogP contribution in [0.2, 0.25) is 0 Å². The molecule has 0 spiro atoms. The molecule has 0 radical (unpaired) electrons. The molecule has 1 unspecified atom stereocenters. The van der Waals surface area contributed by atoms with Crippen LogP contribution >= 0.6 is 0 Å². The lowest BCUT2D eigenvalue weighted by Gasteiger charge is -2.33. The van der Waals surface area contributed by atoms with Crippen molar-refractivity contribution in [2.75, 3.05) is 6.54 Å². The Balaban J connectivity index is 2.01. The fraction of sp³-hybridized carbons (Fsp3) is 0.714. The molecule has 0 bridgehead atoms. The molecule has 0 N–H and O–H groups in total. The van der Waals surface area contributed by atoms with Gasteiger partial charge in [0.25, 0.3) is 0 Å². The van der Waals surface area contributed by atoms with Crippen molar-refractivity contribution in [1.29, 1.82) is 0 Å². The van der Waals surface area contributed by atoms with Crippen LogP contribution in [0.3, 0.4) is 0 Å². The zero-order valence-corrected chi connectivity index (χ0v) is 12.8. The molecular weight excluding hydrogens is 272 g/mol. The second kappa shape index (κ2) is 6.24. The lowest BCUT2D eigenvalue weighted by molar-refractivity contribution is -0.386. The SMILES string of the molecule is Cc1nn(CCC(=O)N2CCCCC2C)c(C)c1[N+](=O)[O-]. The Bertz CT molecular complexity index is 553. The summed E-state index contributed by atoms with van der Waals surface area (Å²) in [4.78, 5) is 24.7. The van der Waals surface area contributed by atoms with Crippen molar-refractivity contribution < 1.29 is 9.72 Å². The molecule has 1 saturated heterocycles. The Kier molecular flexibility index (Phi) is 4.59. The zero-order valence-electron chi connectivity index (χ0n) is 12.8. The molecule has 7 nitrogen and oxygen atoms in total. The first-order chi connectivity index (χ1) is 9.91. The smallest absolute Gasteiger partial charge is 0.312 e. The van der Waals surface area contributed by atoms with Crippen molar-refractivity contribution in [3.63, 3.8) is 0 Å². The number of nitrogens with zero attached hydrogens (tertiary/aromatic N) is 4. The van der Waals surface area contributed by atoms with Gasteiger partial charge in [-0.05, 0) is 40.0 Å². The molecule has 21 heavy (non-hydrogen) atoms. The van der Waals surface area contributed by atoms with E-state index in [9.17, 15) is 14.9 Å². The predicted octanol–water partition coefficient (Wildman–Crippen LogP) is 2.20. The summed E-state index contributed by atoms with van der Waals surface area (Å²) in [6.07, 6.45) is 3.62. The van der Waals surface area contributed by atoms with E-state index in [4.69, 9.17) is 0 Å².